The molecule has 2 aromatic rings. The molecular weight excluding hydrogens is 300 g/mol. The zero-order valence-corrected chi connectivity index (χ0v) is 12.3. The molecule has 0 atom stereocenters. The lowest BCUT2D eigenvalue weighted by Gasteiger charge is -2.06. The van der Waals surface area contributed by atoms with Crippen molar-refractivity contribution < 1.29 is 0 Å². The van der Waals surface area contributed by atoms with Gasteiger partial charge in [0, 0.05) is 30.7 Å². The van der Waals surface area contributed by atoms with Crippen molar-refractivity contribution in [2.75, 3.05) is 0 Å². The van der Waals surface area contributed by atoms with Gasteiger partial charge in [0.25, 0.3) is 0 Å². The summed E-state index contributed by atoms with van der Waals surface area (Å²) in [6, 6.07) is 0. The Labute approximate surface area is 113 Å². The summed E-state index contributed by atoms with van der Waals surface area (Å²) in [5.74, 6) is 0. The predicted molar refractivity (Wildman–Crippen MR) is 73.0 cm³/mol. The molecule has 0 aliphatic carbocycles. The van der Waals surface area contributed by atoms with Gasteiger partial charge in [0.1, 0.15) is 0 Å². The Morgan fingerprint density at radius 3 is 2.94 bits per heavy atom. The number of halogens is 1. The van der Waals surface area contributed by atoms with Gasteiger partial charge >= 0.3 is 0 Å². The van der Waals surface area contributed by atoms with Crippen LogP contribution in [0.4, 0.5) is 0 Å². The monoisotopic (exact) mass is 314 g/mol. The van der Waals surface area contributed by atoms with Crippen LogP contribution >= 0.6 is 27.3 Å². The van der Waals surface area contributed by atoms with Crippen LogP contribution < -0.4 is 5.32 Å². The second-order valence-electron chi connectivity index (χ2n) is 3.73. The van der Waals surface area contributed by atoms with Crippen LogP contribution in [-0.2, 0) is 19.6 Å². The third-order valence-electron chi connectivity index (χ3n) is 2.53. The highest BCUT2D eigenvalue weighted by Crippen LogP contribution is 2.20. The third kappa shape index (κ3) is 2.94. The van der Waals surface area contributed by atoms with E-state index < -0.39 is 0 Å². The Morgan fingerprint density at radius 2 is 2.29 bits per heavy atom. The first-order chi connectivity index (χ1) is 8.22. The first-order valence-electron chi connectivity index (χ1n) is 5.52. The lowest BCUT2D eigenvalue weighted by atomic mass is 10.3. The molecule has 2 heterocycles. The molecule has 0 bridgehead atoms. The van der Waals surface area contributed by atoms with E-state index in [0.29, 0.717) is 0 Å². The van der Waals surface area contributed by atoms with E-state index in [1.165, 1.54) is 10.6 Å². The second kappa shape index (κ2) is 5.75. The molecule has 17 heavy (non-hydrogen) atoms. The predicted octanol–water partition coefficient (Wildman–Crippen LogP) is 2.72. The number of aromatic nitrogens is 3. The Bertz CT molecular complexity index is 478. The maximum Gasteiger partial charge on any atom is 0.0794 e. The highest BCUT2D eigenvalue weighted by atomic mass is 79.9. The molecule has 0 fully saturated rings. The topological polar surface area (TPSA) is 42.7 Å². The van der Waals surface area contributed by atoms with Gasteiger partial charge in [-0.05, 0) is 29.8 Å². The number of rotatable bonds is 5. The van der Waals surface area contributed by atoms with E-state index in [1.54, 1.807) is 11.3 Å². The second-order valence-corrected chi connectivity index (χ2v) is 5.50. The molecule has 0 saturated heterocycles. The average molecular weight is 315 g/mol. The van der Waals surface area contributed by atoms with Crippen molar-refractivity contribution in [2.24, 2.45) is 0 Å². The summed E-state index contributed by atoms with van der Waals surface area (Å²) in [5.41, 5.74) is 4.10. The van der Waals surface area contributed by atoms with Gasteiger partial charge in [-0.15, -0.1) is 11.3 Å². The van der Waals surface area contributed by atoms with Crippen LogP contribution in [0.25, 0.3) is 0 Å². The molecule has 0 unspecified atom stereocenters. The molecule has 4 nitrogen and oxygen atoms in total. The molecule has 0 radical (unpaired) electrons. The van der Waals surface area contributed by atoms with Crippen molar-refractivity contribution in [3.8, 4) is 0 Å². The highest BCUT2D eigenvalue weighted by Gasteiger charge is 2.11. The molecule has 0 aliphatic rings. The van der Waals surface area contributed by atoms with E-state index in [9.17, 15) is 0 Å². The van der Waals surface area contributed by atoms with Crippen molar-refractivity contribution in [1.82, 2.24) is 20.1 Å². The molecule has 0 amide bonds. The van der Waals surface area contributed by atoms with Gasteiger partial charge < -0.3 is 5.32 Å². The van der Waals surface area contributed by atoms with Crippen molar-refractivity contribution in [3.63, 3.8) is 0 Å². The molecule has 0 saturated carbocycles. The number of nitrogens with one attached hydrogen (secondary N) is 1. The molecule has 2 aromatic heterocycles. The van der Waals surface area contributed by atoms with Crippen LogP contribution in [0.15, 0.2) is 16.2 Å². The summed E-state index contributed by atoms with van der Waals surface area (Å²) in [6.07, 6.45) is 1.90. The Hall–Kier alpha value is -0.720. The van der Waals surface area contributed by atoms with E-state index in [-0.39, 0.29) is 0 Å². The number of thiazole rings is 1. The van der Waals surface area contributed by atoms with Gasteiger partial charge in [0.15, 0.2) is 0 Å². The van der Waals surface area contributed by atoms with Crippen molar-refractivity contribution in [1.29, 1.82) is 0 Å². The summed E-state index contributed by atoms with van der Waals surface area (Å²) in [5, 5.41) is 7.88. The van der Waals surface area contributed by atoms with Gasteiger partial charge in [-0.1, -0.05) is 0 Å². The van der Waals surface area contributed by atoms with Crippen LogP contribution in [-0.4, -0.2) is 14.8 Å². The number of aryl methyl sites for hydroxylation is 2. The zero-order valence-electron chi connectivity index (χ0n) is 9.90. The summed E-state index contributed by atoms with van der Waals surface area (Å²) in [7, 11) is 0. The number of hydrogen-bond acceptors (Lipinski definition) is 4. The number of hydrogen-bond donors (Lipinski definition) is 1. The standard InChI is InChI=1S/C11H15BrN4S/c1-3-16-10(11(12)8(2)15-16)6-13-4-9-5-14-7-17-9/h5,7,13H,3-4,6H2,1-2H3. The van der Waals surface area contributed by atoms with Gasteiger partial charge in [-0.2, -0.15) is 5.10 Å². The van der Waals surface area contributed by atoms with E-state index in [0.717, 1.165) is 29.8 Å². The maximum absolute atomic E-state index is 4.46. The Kier molecular flexibility index (Phi) is 4.31. The first kappa shape index (κ1) is 12.7. The minimum Gasteiger partial charge on any atom is -0.306 e. The van der Waals surface area contributed by atoms with E-state index in [4.69, 9.17) is 0 Å². The van der Waals surface area contributed by atoms with Crippen molar-refractivity contribution in [3.05, 3.63) is 32.4 Å². The minimum atomic E-state index is 0.813. The number of nitrogens with zero attached hydrogens (tertiary/aromatic N) is 3. The lowest BCUT2D eigenvalue weighted by molar-refractivity contribution is 0.579. The fourth-order valence-electron chi connectivity index (χ4n) is 1.67. The SMILES string of the molecule is CCn1nc(C)c(Br)c1CNCc1cncs1. The maximum atomic E-state index is 4.46. The summed E-state index contributed by atoms with van der Waals surface area (Å²) < 4.78 is 3.13. The smallest absolute Gasteiger partial charge is 0.0794 e. The fourth-order valence-corrected chi connectivity index (χ4v) is 2.66. The van der Waals surface area contributed by atoms with Crippen LogP contribution in [0.3, 0.4) is 0 Å². The van der Waals surface area contributed by atoms with E-state index >= 15 is 0 Å². The van der Waals surface area contributed by atoms with Gasteiger partial charge in [-0.3, -0.25) is 9.67 Å². The molecule has 0 aromatic carbocycles. The van der Waals surface area contributed by atoms with Crippen molar-refractivity contribution in [2.45, 2.75) is 33.5 Å². The van der Waals surface area contributed by atoms with E-state index in [1.807, 2.05) is 23.3 Å². The minimum absolute atomic E-state index is 0.813. The largest absolute Gasteiger partial charge is 0.306 e. The third-order valence-corrected chi connectivity index (χ3v) is 4.34. The molecule has 0 aliphatic heterocycles. The van der Waals surface area contributed by atoms with E-state index in [2.05, 4.69) is 38.3 Å². The van der Waals surface area contributed by atoms with Gasteiger partial charge in [0.2, 0.25) is 0 Å². The fraction of sp³-hybridized carbons (Fsp3) is 0.455. The van der Waals surface area contributed by atoms with Crippen LogP contribution in [0, 0.1) is 6.92 Å². The quantitative estimate of drug-likeness (QED) is 0.922. The molecule has 92 valence electrons. The average Bonchev–Trinajstić information content (AvgIpc) is 2.92. The normalized spacial score (nSPS) is 11.0. The Morgan fingerprint density at radius 1 is 1.47 bits per heavy atom. The molecular formula is C11H15BrN4S. The van der Waals surface area contributed by atoms with Crippen molar-refractivity contribution >= 4 is 27.3 Å². The molecule has 6 heteroatoms. The lowest BCUT2D eigenvalue weighted by Crippen LogP contribution is -2.16. The molecule has 2 rings (SSSR count). The van der Waals surface area contributed by atoms with Crippen LogP contribution in [0.5, 0.6) is 0 Å². The highest BCUT2D eigenvalue weighted by molar-refractivity contribution is 9.10. The van der Waals surface area contributed by atoms with Crippen LogP contribution in [0.1, 0.15) is 23.2 Å². The van der Waals surface area contributed by atoms with Crippen LogP contribution in [0.2, 0.25) is 0 Å². The summed E-state index contributed by atoms with van der Waals surface area (Å²) >= 11 is 5.26. The molecule has 0 spiro atoms. The first-order valence-corrected chi connectivity index (χ1v) is 7.19. The van der Waals surface area contributed by atoms with Gasteiger partial charge in [0.05, 0.1) is 21.4 Å². The zero-order chi connectivity index (χ0) is 12.3. The molecule has 1 N–H and O–H groups in total. The summed E-state index contributed by atoms with van der Waals surface area (Å²) in [6.45, 7) is 6.68. The summed E-state index contributed by atoms with van der Waals surface area (Å²) in [4.78, 5) is 5.31. The van der Waals surface area contributed by atoms with Gasteiger partial charge in [-0.25, -0.2) is 0 Å². The Balaban J connectivity index is 1.98.